The van der Waals surface area contributed by atoms with E-state index in [-0.39, 0.29) is 6.04 Å². The standard InChI is InChI=1S/C9H17NO2/c1-6(2)10-5-7(3)4-8(10)9(11)12/h6-8H,4-5H2,1-3H3,(H,11,12)/t7-,8+/m1/s1. The first-order valence-electron chi connectivity index (χ1n) is 4.51. The molecule has 1 aliphatic heterocycles. The monoisotopic (exact) mass is 171 g/mol. The van der Waals surface area contributed by atoms with Gasteiger partial charge in [0.2, 0.25) is 0 Å². The van der Waals surface area contributed by atoms with Crippen molar-refractivity contribution < 1.29 is 9.90 Å². The predicted molar refractivity (Wildman–Crippen MR) is 47.0 cm³/mol. The highest BCUT2D eigenvalue weighted by Gasteiger charge is 2.35. The second kappa shape index (κ2) is 3.44. The van der Waals surface area contributed by atoms with Crippen molar-refractivity contribution in [1.82, 2.24) is 4.90 Å². The molecule has 0 bridgehead atoms. The molecule has 70 valence electrons. The SMILES string of the molecule is CC(C)N1C[C@H](C)C[C@H]1C(=O)O. The maximum absolute atomic E-state index is 10.8. The molecule has 2 atom stereocenters. The molecular weight excluding hydrogens is 154 g/mol. The summed E-state index contributed by atoms with van der Waals surface area (Å²) in [5.41, 5.74) is 0. The molecule has 0 aromatic heterocycles. The summed E-state index contributed by atoms with van der Waals surface area (Å²) in [6.07, 6.45) is 0.799. The van der Waals surface area contributed by atoms with Crippen molar-refractivity contribution in [2.75, 3.05) is 6.54 Å². The average Bonchev–Trinajstić information content (AvgIpc) is 2.31. The fraction of sp³-hybridized carbons (Fsp3) is 0.889. The highest BCUT2D eigenvalue weighted by atomic mass is 16.4. The lowest BCUT2D eigenvalue weighted by molar-refractivity contribution is -0.142. The molecule has 0 spiro atoms. The maximum Gasteiger partial charge on any atom is 0.320 e. The Morgan fingerprint density at radius 3 is 2.50 bits per heavy atom. The Hall–Kier alpha value is -0.570. The van der Waals surface area contributed by atoms with Crippen molar-refractivity contribution in [3.05, 3.63) is 0 Å². The molecule has 1 rings (SSSR count). The van der Waals surface area contributed by atoms with Gasteiger partial charge in [-0.05, 0) is 26.2 Å². The van der Waals surface area contributed by atoms with Crippen molar-refractivity contribution >= 4 is 5.97 Å². The highest BCUT2D eigenvalue weighted by molar-refractivity contribution is 5.73. The number of carboxylic acids is 1. The molecule has 0 radical (unpaired) electrons. The summed E-state index contributed by atoms with van der Waals surface area (Å²) in [5, 5.41) is 8.91. The van der Waals surface area contributed by atoms with Crippen molar-refractivity contribution in [2.45, 2.75) is 39.3 Å². The van der Waals surface area contributed by atoms with Crippen molar-refractivity contribution in [3.63, 3.8) is 0 Å². The first-order valence-corrected chi connectivity index (χ1v) is 4.51. The number of carboxylic acid groups (broad SMARTS) is 1. The summed E-state index contributed by atoms with van der Waals surface area (Å²) >= 11 is 0. The molecule has 3 heteroatoms. The summed E-state index contributed by atoms with van der Waals surface area (Å²) in [6, 6.07) is 0.0936. The molecule has 0 unspecified atom stereocenters. The van der Waals surface area contributed by atoms with Crippen LogP contribution in [0.5, 0.6) is 0 Å². The molecule has 0 aromatic carbocycles. The van der Waals surface area contributed by atoms with Crippen LogP contribution < -0.4 is 0 Å². The molecule has 1 heterocycles. The van der Waals surface area contributed by atoms with E-state index in [1.54, 1.807) is 0 Å². The normalized spacial score (nSPS) is 31.3. The molecule has 12 heavy (non-hydrogen) atoms. The number of likely N-dealkylation sites (tertiary alicyclic amines) is 1. The fourth-order valence-corrected chi connectivity index (χ4v) is 1.89. The molecular formula is C9H17NO2. The molecule has 0 aromatic rings. The Kier molecular flexibility index (Phi) is 2.73. The van der Waals surface area contributed by atoms with Crippen LogP contribution in [0.1, 0.15) is 27.2 Å². The largest absolute Gasteiger partial charge is 0.480 e. The molecule has 3 nitrogen and oxygen atoms in total. The number of nitrogens with zero attached hydrogens (tertiary/aromatic N) is 1. The van der Waals surface area contributed by atoms with Crippen LogP contribution in [-0.2, 0) is 4.79 Å². The zero-order chi connectivity index (χ0) is 9.30. The van der Waals surface area contributed by atoms with E-state index in [4.69, 9.17) is 5.11 Å². The molecule has 1 N–H and O–H groups in total. The smallest absolute Gasteiger partial charge is 0.320 e. The van der Waals surface area contributed by atoms with Crippen LogP contribution in [0.4, 0.5) is 0 Å². The molecule has 0 amide bonds. The van der Waals surface area contributed by atoms with Crippen molar-refractivity contribution in [1.29, 1.82) is 0 Å². The third-order valence-electron chi connectivity index (χ3n) is 2.50. The van der Waals surface area contributed by atoms with Gasteiger partial charge in [0.15, 0.2) is 0 Å². The molecule has 1 fully saturated rings. The minimum Gasteiger partial charge on any atom is -0.480 e. The van der Waals surface area contributed by atoms with Crippen molar-refractivity contribution in [3.8, 4) is 0 Å². The summed E-state index contributed by atoms with van der Waals surface area (Å²) in [6.45, 7) is 7.13. The highest BCUT2D eigenvalue weighted by Crippen LogP contribution is 2.24. The van der Waals surface area contributed by atoms with Gasteiger partial charge in [-0.25, -0.2) is 0 Å². The van der Waals surface area contributed by atoms with Gasteiger partial charge in [0.1, 0.15) is 6.04 Å². The molecule has 1 aliphatic rings. The first kappa shape index (κ1) is 9.52. The van der Waals surface area contributed by atoms with E-state index in [2.05, 4.69) is 11.8 Å². The predicted octanol–water partition coefficient (Wildman–Crippen LogP) is 1.19. The Balaban J connectivity index is 2.65. The Bertz CT molecular complexity index is 179. The van der Waals surface area contributed by atoms with Crippen LogP contribution in [0.3, 0.4) is 0 Å². The van der Waals surface area contributed by atoms with Crippen LogP contribution in [-0.4, -0.2) is 34.6 Å². The van der Waals surface area contributed by atoms with Crippen LogP contribution >= 0.6 is 0 Å². The summed E-state index contributed by atoms with van der Waals surface area (Å²) in [4.78, 5) is 12.9. The van der Waals surface area contributed by atoms with Gasteiger partial charge in [-0.15, -0.1) is 0 Å². The quantitative estimate of drug-likeness (QED) is 0.678. The summed E-state index contributed by atoms with van der Waals surface area (Å²) in [7, 11) is 0. The minimum atomic E-state index is -0.673. The molecule has 0 saturated carbocycles. The first-order chi connectivity index (χ1) is 5.52. The van der Waals surface area contributed by atoms with Crippen LogP contribution in [0.15, 0.2) is 0 Å². The number of rotatable bonds is 2. The van der Waals surface area contributed by atoms with E-state index < -0.39 is 5.97 Å². The average molecular weight is 171 g/mol. The maximum atomic E-state index is 10.8. The van der Waals surface area contributed by atoms with E-state index in [9.17, 15) is 4.79 Å². The Morgan fingerprint density at radius 2 is 2.17 bits per heavy atom. The van der Waals surface area contributed by atoms with Crippen molar-refractivity contribution in [2.24, 2.45) is 5.92 Å². The van der Waals surface area contributed by atoms with Crippen LogP contribution in [0.2, 0.25) is 0 Å². The fourth-order valence-electron chi connectivity index (χ4n) is 1.89. The number of hydrogen-bond donors (Lipinski definition) is 1. The zero-order valence-corrected chi connectivity index (χ0v) is 7.95. The van der Waals surface area contributed by atoms with Gasteiger partial charge in [-0.3, -0.25) is 9.69 Å². The van der Waals surface area contributed by atoms with Gasteiger partial charge in [0.05, 0.1) is 0 Å². The van der Waals surface area contributed by atoms with Gasteiger partial charge in [-0.2, -0.15) is 0 Å². The third-order valence-corrected chi connectivity index (χ3v) is 2.50. The lowest BCUT2D eigenvalue weighted by Gasteiger charge is -2.24. The van der Waals surface area contributed by atoms with Gasteiger partial charge >= 0.3 is 5.97 Å². The van der Waals surface area contributed by atoms with Gasteiger partial charge in [0, 0.05) is 12.6 Å². The van der Waals surface area contributed by atoms with Gasteiger partial charge in [0.25, 0.3) is 0 Å². The topological polar surface area (TPSA) is 40.5 Å². The second-order valence-corrected chi connectivity index (χ2v) is 3.99. The molecule has 1 saturated heterocycles. The van der Waals surface area contributed by atoms with Crippen LogP contribution in [0.25, 0.3) is 0 Å². The van der Waals surface area contributed by atoms with Gasteiger partial charge in [-0.1, -0.05) is 6.92 Å². The molecule has 0 aliphatic carbocycles. The van der Waals surface area contributed by atoms with Crippen LogP contribution in [0, 0.1) is 5.92 Å². The minimum absolute atomic E-state index is 0.250. The number of carbonyl (C=O) groups is 1. The van der Waals surface area contributed by atoms with E-state index in [1.807, 2.05) is 13.8 Å². The van der Waals surface area contributed by atoms with E-state index >= 15 is 0 Å². The number of aliphatic carboxylic acids is 1. The number of hydrogen-bond acceptors (Lipinski definition) is 2. The summed E-state index contributed by atoms with van der Waals surface area (Å²) in [5.74, 6) is -0.151. The van der Waals surface area contributed by atoms with Gasteiger partial charge < -0.3 is 5.11 Å². The second-order valence-electron chi connectivity index (χ2n) is 3.99. The summed E-state index contributed by atoms with van der Waals surface area (Å²) < 4.78 is 0. The van der Waals surface area contributed by atoms with E-state index in [0.717, 1.165) is 13.0 Å². The lowest BCUT2D eigenvalue weighted by Crippen LogP contribution is -2.40. The third kappa shape index (κ3) is 1.78. The Morgan fingerprint density at radius 1 is 1.58 bits per heavy atom. The van der Waals surface area contributed by atoms with E-state index in [1.165, 1.54) is 0 Å². The lowest BCUT2D eigenvalue weighted by atomic mass is 10.1. The van der Waals surface area contributed by atoms with E-state index in [0.29, 0.717) is 12.0 Å². The Labute approximate surface area is 73.4 Å². The zero-order valence-electron chi connectivity index (χ0n) is 7.95.